The van der Waals surface area contributed by atoms with Gasteiger partial charge >= 0.3 is 11.9 Å². The van der Waals surface area contributed by atoms with Crippen molar-refractivity contribution in [2.75, 3.05) is 13.2 Å². The fraction of sp³-hybridized carbons (Fsp3) is 0.881. The van der Waals surface area contributed by atoms with Crippen LogP contribution in [0.25, 0.3) is 0 Å². The summed E-state index contributed by atoms with van der Waals surface area (Å²) in [6.07, 6.45) is -13.5. The molecule has 0 radical (unpaired) electrons. The van der Waals surface area contributed by atoms with Crippen molar-refractivity contribution in [3.8, 4) is 0 Å². The Morgan fingerprint density at radius 1 is 0.787 bits per heavy atom. The molecule has 4 aliphatic carbocycles. The third kappa shape index (κ3) is 7.22. The van der Waals surface area contributed by atoms with Crippen molar-refractivity contribution in [3.05, 3.63) is 11.6 Å². The molecule has 0 amide bonds. The molecule has 0 bridgehead atoms. The Morgan fingerprint density at radius 3 is 2.20 bits per heavy atom. The third-order valence-corrected chi connectivity index (χ3v) is 16.0. The van der Waals surface area contributed by atoms with E-state index in [4.69, 9.17) is 37.9 Å². The Morgan fingerprint density at radius 2 is 1.51 bits per heavy atom. The summed E-state index contributed by atoms with van der Waals surface area (Å²) in [6.45, 7) is 7.85. The molecule has 0 spiro atoms. The largest absolute Gasteiger partial charge is 0.459 e. The summed E-state index contributed by atoms with van der Waals surface area (Å²) in [4.78, 5) is 38.3. The molecule has 4 heterocycles. The Balaban J connectivity index is 0.896. The van der Waals surface area contributed by atoms with E-state index in [0.29, 0.717) is 44.1 Å². The molecule has 3 saturated heterocycles. The zero-order chi connectivity index (χ0) is 44.1. The van der Waals surface area contributed by atoms with Gasteiger partial charge in [-0.2, -0.15) is 0 Å². The Bertz CT molecular complexity index is 1730. The Hall–Kier alpha value is -2.21. The predicted octanol–water partition coefficient (Wildman–Crippen LogP) is -1.36. The number of hydrogen-bond acceptors (Lipinski definition) is 19. The molecule has 4 aliphatic heterocycles. The van der Waals surface area contributed by atoms with Gasteiger partial charge in [0.05, 0.1) is 24.9 Å². The molecule has 22 unspecified atom stereocenters. The predicted molar refractivity (Wildman–Crippen MR) is 202 cm³/mol. The number of carbonyl (C=O) groups excluding carboxylic acids is 3. The molecule has 344 valence electrons. The number of ketones is 1. The highest BCUT2D eigenvalue weighted by molar-refractivity contribution is 5.98. The number of hydrogen-bond donors (Lipinski definition) is 8. The topological polar surface area (TPSA) is 287 Å². The fourth-order valence-corrected chi connectivity index (χ4v) is 12.7. The van der Waals surface area contributed by atoms with Gasteiger partial charge in [-0.1, -0.05) is 13.8 Å². The van der Waals surface area contributed by atoms with Crippen molar-refractivity contribution in [2.24, 2.45) is 28.6 Å². The van der Waals surface area contributed by atoms with E-state index in [1.807, 2.05) is 0 Å². The van der Waals surface area contributed by atoms with Crippen molar-refractivity contribution >= 4 is 17.7 Å². The lowest BCUT2D eigenvalue weighted by atomic mass is 9.41. The van der Waals surface area contributed by atoms with E-state index in [2.05, 4.69) is 6.92 Å². The van der Waals surface area contributed by atoms with Crippen LogP contribution in [0.1, 0.15) is 86.0 Å². The van der Waals surface area contributed by atoms with Crippen molar-refractivity contribution < 1.29 is 93.1 Å². The van der Waals surface area contributed by atoms with E-state index >= 15 is 0 Å². The molecule has 0 aromatic rings. The van der Waals surface area contributed by atoms with E-state index in [1.54, 1.807) is 13.8 Å². The second-order valence-corrected chi connectivity index (χ2v) is 19.3. The summed E-state index contributed by atoms with van der Waals surface area (Å²) in [5.41, 5.74) is -5.33. The van der Waals surface area contributed by atoms with E-state index < -0.39 is 138 Å². The summed E-state index contributed by atoms with van der Waals surface area (Å²) >= 11 is 0. The van der Waals surface area contributed by atoms with Crippen LogP contribution in [0.15, 0.2) is 11.6 Å². The lowest BCUT2D eigenvalue weighted by molar-refractivity contribution is -0.355. The van der Waals surface area contributed by atoms with Crippen LogP contribution in [0.4, 0.5) is 0 Å². The van der Waals surface area contributed by atoms with Gasteiger partial charge in [0, 0.05) is 30.8 Å². The molecule has 0 aromatic carbocycles. The van der Waals surface area contributed by atoms with Gasteiger partial charge in [-0.15, -0.1) is 0 Å². The first-order chi connectivity index (χ1) is 28.6. The van der Waals surface area contributed by atoms with Crippen LogP contribution in [-0.2, 0) is 52.3 Å². The van der Waals surface area contributed by atoms with Crippen molar-refractivity contribution in [2.45, 2.75) is 189 Å². The first kappa shape index (κ1) is 45.4. The number of aliphatic hydroxyl groups excluding tert-OH is 6. The number of aliphatic hydroxyl groups is 8. The minimum Gasteiger partial charge on any atom is -0.459 e. The van der Waals surface area contributed by atoms with E-state index in [1.165, 1.54) is 19.9 Å². The molecule has 7 fully saturated rings. The van der Waals surface area contributed by atoms with Crippen molar-refractivity contribution in [1.29, 1.82) is 0 Å². The van der Waals surface area contributed by atoms with Gasteiger partial charge in [0.1, 0.15) is 67.1 Å². The normalized spacial score (nSPS) is 53.6. The summed E-state index contributed by atoms with van der Waals surface area (Å²) in [7, 11) is 0. The number of fused-ring (bicyclic) bond motifs is 5. The van der Waals surface area contributed by atoms with Crippen LogP contribution in [-0.4, -0.2) is 175 Å². The minimum atomic E-state index is -2.24. The van der Waals surface area contributed by atoms with Gasteiger partial charge in [-0.25, -0.2) is 4.79 Å². The van der Waals surface area contributed by atoms with Gasteiger partial charge in [-0.05, 0) is 81.6 Å². The highest BCUT2D eigenvalue weighted by Crippen LogP contribution is 2.70. The number of esters is 2. The lowest BCUT2D eigenvalue weighted by Gasteiger charge is -2.66. The molecule has 8 rings (SSSR count). The first-order valence-electron chi connectivity index (χ1n) is 21.7. The van der Waals surface area contributed by atoms with Gasteiger partial charge in [0.15, 0.2) is 30.3 Å². The van der Waals surface area contributed by atoms with Gasteiger partial charge in [0.2, 0.25) is 0 Å². The number of Topliss-reactive ketones (excluding diaryl/α,β-unsaturated/α-hetero) is 1. The molecule has 4 saturated carbocycles. The van der Waals surface area contributed by atoms with Crippen molar-refractivity contribution in [1.82, 2.24) is 0 Å². The van der Waals surface area contributed by atoms with Gasteiger partial charge in [-0.3, -0.25) is 9.59 Å². The van der Waals surface area contributed by atoms with Crippen molar-refractivity contribution in [3.63, 3.8) is 0 Å². The van der Waals surface area contributed by atoms with Gasteiger partial charge < -0.3 is 78.7 Å². The molecule has 19 heteroatoms. The van der Waals surface area contributed by atoms with E-state index in [0.717, 1.165) is 0 Å². The van der Waals surface area contributed by atoms with Gasteiger partial charge in [0.25, 0.3) is 0 Å². The Kier molecular flexibility index (Phi) is 12.2. The number of rotatable bonds is 8. The average molecular weight is 871 g/mol. The molecular formula is C42H62O19. The highest BCUT2D eigenvalue weighted by atomic mass is 16.8. The van der Waals surface area contributed by atoms with Crippen LogP contribution in [0.5, 0.6) is 0 Å². The van der Waals surface area contributed by atoms with E-state index in [9.17, 15) is 55.2 Å². The van der Waals surface area contributed by atoms with Crippen LogP contribution >= 0.6 is 0 Å². The molecule has 19 nitrogen and oxygen atoms in total. The zero-order valence-corrected chi connectivity index (χ0v) is 35.1. The lowest BCUT2D eigenvalue weighted by Crippen LogP contribution is -2.75. The standard InChI is InChI=1S/C42H62O19/c1-17-29(45)32(48)34(50)38(57-17)60-24-16-55-37(33(49)30(24)46)61-35-18(2)56-27(14-23(35)58-19(3)43)59-22-7-9-39(4)21(13-22)6-11-41(52)25(39)8-10-40(5)28(20-12-26(44)54-15-20)31(47)36(51)42(40,41)53/h12,17-18,21-25,27-35,37-38,45-50,52-53H,6-11,13-16H2,1-5H3. The van der Waals surface area contributed by atoms with E-state index in [-0.39, 0.29) is 38.1 Å². The molecule has 0 aromatic heterocycles. The maximum absolute atomic E-state index is 14.0. The summed E-state index contributed by atoms with van der Waals surface area (Å²) in [6, 6.07) is 0. The zero-order valence-electron chi connectivity index (χ0n) is 35.1. The number of carbonyl (C=O) groups is 3. The summed E-state index contributed by atoms with van der Waals surface area (Å²) < 4.78 is 46.6. The Labute approximate surface area is 353 Å². The van der Waals surface area contributed by atoms with Crippen LogP contribution in [0, 0.1) is 28.6 Å². The van der Waals surface area contributed by atoms with Crippen LogP contribution in [0.3, 0.4) is 0 Å². The maximum Gasteiger partial charge on any atom is 0.331 e. The highest BCUT2D eigenvalue weighted by Gasteiger charge is 2.80. The molecule has 8 N–H and O–H groups in total. The SMILES string of the molecule is CC(=O)OC1CC(OC2CCC3(C)C(CCC4(O)C3CCC3(C)C(C5=CC(=O)OC5)C(O)C(=O)C34O)C2)OC(C)C1OC1OCC(OC2OC(C)C(O)C(O)C2O)C(O)C1O. The first-order valence-corrected chi connectivity index (χ1v) is 21.7. The number of cyclic esters (lactones) is 1. The fourth-order valence-electron chi connectivity index (χ4n) is 12.7. The summed E-state index contributed by atoms with van der Waals surface area (Å²) in [5, 5.41) is 89.0. The molecule has 8 aliphatic rings. The maximum atomic E-state index is 14.0. The number of ether oxygens (including phenoxy) is 8. The second kappa shape index (κ2) is 16.3. The second-order valence-electron chi connectivity index (χ2n) is 19.3. The monoisotopic (exact) mass is 870 g/mol. The minimum absolute atomic E-state index is 0.0452. The molecular weight excluding hydrogens is 808 g/mol. The quantitative estimate of drug-likeness (QED) is 0.103. The summed E-state index contributed by atoms with van der Waals surface area (Å²) in [5.74, 6) is -3.26. The molecule has 22 atom stereocenters. The molecule has 61 heavy (non-hydrogen) atoms. The van der Waals surface area contributed by atoms with Crippen LogP contribution in [0.2, 0.25) is 0 Å². The smallest absolute Gasteiger partial charge is 0.331 e. The average Bonchev–Trinajstić information content (AvgIpc) is 3.69. The van der Waals surface area contributed by atoms with Crippen LogP contribution < -0.4 is 0 Å². The third-order valence-electron chi connectivity index (χ3n) is 16.0.